The molecule has 1 aliphatic carbocycles. The van der Waals surface area contributed by atoms with Crippen LogP contribution in [0, 0.1) is 11.3 Å². The minimum absolute atomic E-state index is 0.0300. The summed E-state index contributed by atoms with van der Waals surface area (Å²) in [5.41, 5.74) is -0.486. The van der Waals surface area contributed by atoms with E-state index in [0.29, 0.717) is 18.6 Å². The molecule has 0 saturated heterocycles. The third kappa shape index (κ3) is 2.41. The number of carboxylic acids is 2. The van der Waals surface area contributed by atoms with Gasteiger partial charge in [-0.3, -0.25) is 9.59 Å². The van der Waals surface area contributed by atoms with Crippen LogP contribution in [-0.4, -0.2) is 27.9 Å². The number of carbonyl (C=O) groups is 2. The van der Waals surface area contributed by atoms with Crippen LogP contribution in [0.4, 0.5) is 0 Å². The fraction of sp³-hybridized carbons (Fsp3) is 0.778. The van der Waals surface area contributed by atoms with E-state index in [4.69, 9.17) is 10.2 Å². The van der Waals surface area contributed by atoms with Gasteiger partial charge in [-0.25, -0.2) is 0 Å². The fourth-order valence-corrected chi connectivity index (χ4v) is 2.15. The van der Waals surface area contributed by atoms with Gasteiger partial charge in [-0.2, -0.15) is 12.6 Å². The van der Waals surface area contributed by atoms with Crippen LogP contribution in [-0.2, 0) is 9.59 Å². The van der Waals surface area contributed by atoms with Crippen LogP contribution in [0.1, 0.15) is 25.7 Å². The first-order valence-electron chi connectivity index (χ1n) is 4.57. The lowest BCUT2D eigenvalue weighted by Crippen LogP contribution is -2.15. The molecule has 0 amide bonds. The highest BCUT2D eigenvalue weighted by molar-refractivity contribution is 7.80. The van der Waals surface area contributed by atoms with Crippen molar-refractivity contribution in [1.82, 2.24) is 0 Å². The van der Waals surface area contributed by atoms with E-state index >= 15 is 0 Å². The predicted molar refractivity (Wildman–Crippen MR) is 53.5 cm³/mol. The standard InChI is InChI=1S/C9H14O4S/c10-7(11)5-9(2-1-3-14)4-6(9)8(12)13/h6,14H,1-5H2,(H,10,11)(H,12,13). The first-order chi connectivity index (χ1) is 6.52. The van der Waals surface area contributed by atoms with Crippen LogP contribution in [0.25, 0.3) is 0 Å². The monoisotopic (exact) mass is 218 g/mol. The fourth-order valence-electron chi connectivity index (χ4n) is 1.99. The summed E-state index contributed by atoms with van der Waals surface area (Å²) in [6, 6.07) is 0. The lowest BCUT2D eigenvalue weighted by molar-refractivity contribution is -0.141. The van der Waals surface area contributed by atoms with Crippen LogP contribution >= 0.6 is 12.6 Å². The topological polar surface area (TPSA) is 74.6 Å². The van der Waals surface area contributed by atoms with Crippen molar-refractivity contribution in [3.8, 4) is 0 Å². The number of rotatable bonds is 6. The number of thiol groups is 1. The van der Waals surface area contributed by atoms with Crippen molar-refractivity contribution in [2.45, 2.75) is 25.7 Å². The van der Waals surface area contributed by atoms with Gasteiger partial charge >= 0.3 is 11.9 Å². The third-order valence-electron chi connectivity index (χ3n) is 2.82. The van der Waals surface area contributed by atoms with Crippen LogP contribution in [0.15, 0.2) is 0 Å². The lowest BCUT2D eigenvalue weighted by Gasteiger charge is -2.12. The van der Waals surface area contributed by atoms with Gasteiger partial charge in [0.1, 0.15) is 0 Å². The molecule has 2 unspecified atom stereocenters. The molecule has 5 heteroatoms. The van der Waals surface area contributed by atoms with Gasteiger partial charge in [-0.15, -0.1) is 0 Å². The predicted octanol–water partition coefficient (Wildman–Crippen LogP) is 1.26. The Morgan fingerprint density at radius 3 is 2.43 bits per heavy atom. The summed E-state index contributed by atoms with van der Waals surface area (Å²) in [7, 11) is 0. The molecular formula is C9H14O4S. The van der Waals surface area contributed by atoms with Gasteiger partial charge < -0.3 is 10.2 Å². The molecular weight excluding hydrogens is 204 g/mol. The van der Waals surface area contributed by atoms with E-state index in [9.17, 15) is 9.59 Å². The van der Waals surface area contributed by atoms with Crippen molar-refractivity contribution in [2.75, 3.05) is 5.75 Å². The molecule has 1 saturated carbocycles. The van der Waals surface area contributed by atoms with Crippen LogP contribution in [0.2, 0.25) is 0 Å². The molecule has 0 radical (unpaired) electrons. The van der Waals surface area contributed by atoms with E-state index in [2.05, 4.69) is 12.6 Å². The summed E-state index contributed by atoms with van der Waals surface area (Å²) in [4.78, 5) is 21.3. The highest BCUT2D eigenvalue weighted by Gasteiger charge is 2.58. The molecule has 4 nitrogen and oxygen atoms in total. The van der Waals surface area contributed by atoms with Gasteiger partial charge in [0.2, 0.25) is 0 Å². The maximum atomic E-state index is 10.7. The molecule has 1 fully saturated rings. The second kappa shape index (κ2) is 4.21. The average Bonchev–Trinajstić information content (AvgIpc) is 2.76. The summed E-state index contributed by atoms with van der Waals surface area (Å²) < 4.78 is 0. The Morgan fingerprint density at radius 1 is 1.43 bits per heavy atom. The van der Waals surface area contributed by atoms with Gasteiger partial charge in [0, 0.05) is 0 Å². The van der Waals surface area contributed by atoms with E-state index in [1.807, 2.05) is 0 Å². The highest BCUT2D eigenvalue weighted by atomic mass is 32.1. The quantitative estimate of drug-likeness (QED) is 0.587. The van der Waals surface area contributed by atoms with E-state index in [-0.39, 0.29) is 6.42 Å². The summed E-state index contributed by atoms with van der Waals surface area (Å²) in [5, 5.41) is 17.5. The van der Waals surface area contributed by atoms with Gasteiger partial charge in [0.15, 0.2) is 0 Å². The van der Waals surface area contributed by atoms with Gasteiger partial charge in [-0.1, -0.05) is 0 Å². The zero-order chi connectivity index (χ0) is 10.8. The SMILES string of the molecule is O=C(O)CC1(CCCS)CC1C(=O)O. The summed E-state index contributed by atoms with van der Waals surface area (Å²) >= 11 is 4.04. The van der Waals surface area contributed by atoms with Crippen molar-refractivity contribution in [2.24, 2.45) is 11.3 Å². The first kappa shape index (κ1) is 11.4. The van der Waals surface area contributed by atoms with Crippen molar-refractivity contribution in [3.63, 3.8) is 0 Å². The van der Waals surface area contributed by atoms with Gasteiger partial charge in [-0.05, 0) is 30.4 Å². The first-order valence-corrected chi connectivity index (χ1v) is 5.20. The molecule has 2 atom stereocenters. The molecule has 0 aromatic rings. The highest BCUT2D eigenvalue weighted by Crippen LogP contribution is 2.58. The molecule has 0 bridgehead atoms. The summed E-state index contributed by atoms with van der Waals surface area (Å²) in [6.45, 7) is 0. The average molecular weight is 218 g/mol. The smallest absolute Gasteiger partial charge is 0.307 e. The Labute approximate surface area is 87.7 Å². The van der Waals surface area contributed by atoms with E-state index in [1.165, 1.54) is 0 Å². The summed E-state index contributed by atoms with van der Waals surface area (Å²) in [5.74, 6) is -1.56. The molecule has 80 valence electrons. The van der Waals surface area contributed by atoms with E-state index in [0.717, 1.165) is 6.42 Å². The maximum absolute atomic E-state index is 10.7. The van der Waals surface area contributed by atoms with Crippen LogP contribution in [0.5, 0.6) is 0 Å². The van der Waals surface area contributed by atoms with Gasteiger partial charge in [0.25, 0.3) is 0 Å². The van der Waals surface area contributed by atoms with Crippen molar-refractivity contribution in [1.29, 1.82) is 0 Å². The third-order valence-corrected chi connectivity index (χ3v) is 3.14. The number of hydrogen-bond donors (Lipinski definition) is 3. The Kier molecular flexibility index (Phi) is 3.42. The molecule has 1 rings (SSSR count). The van der Waals surface area contributed by atoms with Crippen LogP contribution < -0.4 is 0 Å². The van der Waals surface area contributed by atoms with Crippen molar-refractivity contribution >= 4 is 24.6 Å². The number of aliphatic carboxylic acids is 2. The molecule has 0 aromatic heterocycles. The minimum Gasteiger partial charge on any atom is -0.481 e. The second-order valence-electron chi connectivity index (χ2n) is 3.85. The van der Waals surface area contributed by atoms with Gasteiger partial charge in [0.05, 0.1) is 12.3 Å². The van der Waals surface area contributed by atoms with E-state index < -0.39 is 23.3 Å². The van der Waals surface area contributed by atoms with Crippen molar-refractivity contribution < 1.29 is 19.8 Å². The zero-order valence-electron chi connectivity index (χ0n) is 7.77. The largest absolute Gasteiger partial charge is 0.481 e. The Balaban J connectivity index is 2.55. The zero-order valence-corrected chi connectivity index (χ0v) is 8.67. The molecule has 0 aromatic carbocycles. The maximum Gasteiger partial charge on any atom is 0.307 e. The number of hydrogen-bond acceptors (Lipinski definition) is 3. The normalized spacial score (nSPS) is 29.9. The van der Waals surface area contributed by atoms with E-state index in [1.54, 1.807) is 0 Å². The van der Waals surface area contributed by atoms with Crippen LogP contribution in [0.3, 0.4) is 0 Å². The molecule has 0 aliphatic heterocycles. The Hall–Kier alpha value is -0.710. The minimum atomic E-state index is -0.909. The Morgan fingerprint density at radius 2 is 2.07 bits per heavy atom. The molecule has 1 aliphatic rings. The number of carboxylic acid groups (broad SMARTS) is 2. The molecule has 0 spiro atoms. The molecule has 2 N–H and O–H groups in total. The Bertz CT molecular complexity index is 253. The second-order valence-corrected chi connectivity index (χ2v) is 4.30. The van der Waals surface area contributed by atoms with Crippen molar-refractivity contribution in [3.05, 3.63) is 0 Å². The molecule has 0 heterocycles. The lowest BCUT2D eigenvalue weighted by atomic mass is 9.93. The molecule has 14 heavy (non-hydrogen) atoms. The summed E-state index contributed by atoms with van der Waals surface area (Å²) in [6.07, 6.45) is 1.90.